The van der Waals surface area contributed by atoms with Crippen molar-refractivity contribution in [2.75, 3.05) is 6.61 Å². The monoisotopic (exact) mass is 245 g/mol. The molecule has 0 aliphatic heterocycles. The van der Waals surface area contributed by atoms with E-state index in [2.05, 4.69) is 18.2 Å². The highest BCUT2D eigenvalue weighted by Crippen LogP contribution is 2.51. The number of hydrogen-bond donors (Lipinski definition) is 1. The van der Waals surface area contributed by atoms with E-state index in [4.69, 9.17) is 10.5 Å². The van der Waals surface area contributed by atoms with Gasteiger partial charge in [-0.15, -0.1) is 0 Å². The maximum absolute atomic E-state index is 6.28. The Labute approximate surface area is 110 Å². The van der Waals surface area contributed by atoms with Crippen molar-refractivity contribution < 1.29 is 4.74 Å². The van der Waals surface area contributed by atoms with Crippen LogP contribution in [0, 0.1) is 0 Å². The van der Waals surface area contributed by atoms with E-state index in [0.29, 0.717) is 5.41 Å². The Kier molecular flexibility index (Phi) is 3.06. The van der Waals surface area contributed by atoms with Crippen LogP contribution in [0.3, 0.4) is 0 Å². The van der Waals surface area contributed by atoms with Gasteiger partial charge in [-0.3, -0.25) is 0 Å². The molecule has 2 heteroatoms. The van der Waals surface area contributed by atoms with Gasteiger partial charge in [-0.25, -0.2) is 0 Å². The molecule has 0 bridgehead atoms. The molecule has 2 aliphatic rings. The Morgan fingerprint density at radius 2 is 2.06 bits per heavy atom. The smallest absolute Gasteiger partial charge is 0.119 e. The highest BCUT2D eigenvalue weighted by Gasteiger charge is 2.41. The van der Waals surface area contributed by atoms with Gasteiger partial charge in [-0.05, 0) is 61.3 Å². The van der Waals surface area contributed by atoms with Crippen LogP contribution < -0.4 is 10.5 Å². The molecule has 2 aliphatic carbocycles. The van der Waals surface area contributed by atoms with Gasteiger partial charge in [0.2, 0.25) is 0 Å². The summed E-state index contributed by atoms with van der Waals surface area (Å²) < 4.78 is 5.67. The molecule has 1 saturated carbocycles. The Hall–Kier alpha value is -1.02. The second-order valence-corrected chi connectivity index (χ2v) is 5.81. The Bertz CT molecular complexity index is 435. The molecule has 1 aromatic carbocycles. The second-order valence-electron chi connectivity index (χ2n) is 5.81. The number of rotatable bonds is 2. The predicted octanol–water partition coefficient (Wildman–Crippen LogP) is 3.69. The van der Waals surface area contributed by atoms with Gasteiger partial charge < -0.3 is 10.5 Å². The number of benzene rings is 1. The van der Waals surface area contributed by atoms with Gasteiger partial charge in [0.15, 0.2) is 0 Å². The summed E-state index contributed by atoms with van der Waals surface area (Å²) in [6, 6.07) is 6.77. The zero-order valence-electron chi connectivity index (χ0n) is 11.2. The SMILES string of the molecule is CCOc1ccc2c(c1)C1(CCCC1)CCC2N. The minimum absolute atomic E-state index is 0.224. The van der Waals surface area contributed by atoms with Gasteiger partial charge in [0, 0.05) is 6.04 Å². The Morgan fingerprint density at radius 3 is 2.78 bits per heavy atom. The molecule has 3 rings (SSSR count). The van der Waals surface area contributed by atoms with E-state index in [1.54, 1.807) is 0 Å². The molecule has 1 unspecified atom stereocenters. The molecule has 0 aromatic heterocycles. The average molecular weight is 245 g/mol. The van der Waals surface area contributed by atoms with Crippen LogP contribution in [0.5, 0.6) is 5.75 Å². The summed E-state index contributed by atoms with van der Waals surface area (Å²) in [5.41, 5.74) is 9.55. The Morgan fingerprint density at radius 1 is 1.28 bits per heavy atom. The van der Waals surface area contributed by atoms with Crippen molar-refractivity contribution in [3.05, 3.63) is 29.3 Å². The lowest BCUT2D eigenvalue weighted by atomic mass is 9.67. The molecule has 1 fully saturated rings. The van der Waals surface area contributed by atoms with Crippen molar-refractivity contribution in [1.82, 2.24) is 0 Å². The third-order valence-corrected chi connectivity index (χ3v) is 4.80. The molecular weight excluding hydrogens is 222 g/mol. The van der Waals surface area contributed by atoms with Gasteiger partial charge in [0.25, 0.3) is 0 Å². The van der Waals surface area contributed by atoms with Crippen LogP contribution in [0.4, 0.5) is 0 Å². The molecule has 0 amide bonds. The van der Waals surface area contributed by atoms with E-state index in [1.807, 2.05) is 6.92 Å². The molecule has 18 heavy (non-hydrogen) atoms. The van der Waals surface area contributed by atoms with Crippen molar-refractivity contribution in [3.63, 3.8) is 0 Å². The lowest BCUT2D eigenvalue weighted by Crippen LogP contribution is -2.32. The summed E-state index contributed by atoms with van der Waals surface area (Å²) in [4.78, 5) is 0. The van der Waals surface area contributed by atoms with Crippen LogP contribution in [-0.2, 0) is 5.41 Å². The third-order valence-electron chi connectivity index (χ3n) is 4.80. The van der Waals surface area contributed by atoms with Crippen molar-refractivity contribution >= 4 is 0 Å². The molecule has 2 nitrogen and oxygen atoms in total. The first kappa shape index (κ1) is 12.0. The van der Waals surface area contributed by atoms with E-state index < -0.39 is 0 Å². The first-order valence-electron chi connectivity index (χ1n) is 7.28. The van der Waals surface area contributed by atoms with Crippen LogP contribution in [0.1, 0.15) is 62.6 Å². The summed E-state index contributed by atoms with van der Waals surface area (Å²) in [6.45, 7) is 2.77. The molecule has 0 saturated heterocycles. The van der Waals surface area contributed by atoms with Gasteiger partial charge in [0.1, 0.15) is 5.75 Å². The summed E-state index contributed by atoms with van der Waals surface area (Å²) in [5.74, 6) is 1.01. The number of fused-ring (bicyclic) bond motifs is 2. The Balaban J connectivity index is 2.05. The molecule has 1 atom stereocenters. The van der Waals surface area contributed by atoms with Crippen molar-refractivity contribution in [2.45, 2.75) is 56.9 Å². The molecule has 98 valence electrons. The highest BCUT2D eigenvalue weighted by molar-refractivity contribution is 5.44. The van der Waals surface area contributed by atoms with Crippen molar-refractivity contribution in [2.24, 2.45) is 5.73 Å². The largest absolute Gasteiger partial charge is 0.494 e. The van der Waals surface area contributed by atoms with E-state index in [9.17, 15) is 0 Å². The summed E-state index contributed by atoms with van der Waals surface area (Å²) in [5, 5.41) is 0. The first-order valence-corrected chi connectivity index (χ1v) is 7.28. The standard InChI is InChI=1S/C16H23NO/c1-2-18-12-5-6-13-14(11-12)16(8-3-4-9-16)10-7-15(13)17/h5-6,11,15H,2-4,7-10,17H2,1H3. The molecule has 2 N–H and O–H groups in total. The van der Waals surface area contributed by atoms with E-state index in [-0.39, 0.29) is 6.04 Å². The van der Waals surface area contributed by atoms with Crippen LogP contribution in [0.25, 0.3) is 0 Å². The summed E-state index contributed by atoms with van der Waals surface area (Å²) in [7, 11) is 0. The molecule has 1 spiro atoms. The topological polar surface area (TPSA) is 35.2 Å². The zero-order valence-corrected chi connectivity index (χ0v) is 11.2. The van der Waals surface area contributed by atoms with Crippen molar-refractivity contribution in [1.29, 1.82) is 0 Å². The van der Waals surface area contributed by atoms with Gasteiger partial charge >= 0.3 is 0 Å². The van der Waals surface area contributed by atoms with Crippen LogP contribution in [-0.4, -0.2) is 6.61 Å². The maximum Gasteiger partial charge on any atom is 0.119 e. The van der Waals surface area contributed by atoms with Gasteiger partial charge in [0.05, 0.1) is 6.61 Å². The van der Waals surface area contributed by atoms with Gasteiger partial charge in [-0.2, -0.15) is 0 Å². The maximum atomic E-state index is 6.28. The lowest BCUT2D eigenvalue weighted by molar-refractivity contribution is 0.325. The zero-order chi connectivity index (χ0) is 12.6. The second kappa shape index (κ2) is 4.58. The molecule has 0 heterocycles. The lowest BCUT2D eigenvalue weighted by Gasteiger charge is -2.38. The molecule has 1 aromatic rings. The molecular formula is C16H23NO. The van der Waals surface area contributed by atoms with Crippen LogP contribution in [0.15, 0.2) is 18.2 Å². The fraction of sp³-hybridized carbons (Fsp3) is 0.625. The third kappa shape index (κ3) is 1.83. The average Bonchev–Trinajstić information content (AvgIpc) is 2.85. The minimum atomic E-state index is 0.224. The summed E-state index contributed by atoms with van der Waals surface area (Å²) >= 11 is 0. The predicted molar refractivity (Wildman–Crippen MR) is 73.9 cm³/mol. The normalized spacial score (nSPS) is 25.1. The fourth-order valence-corrected chi connectivity index (χ4v) is 3.87. The fourth-order valence-electron chi connectivity index (χ4n) is 3.87. The van der Waals surface area contributed by atoms with Crippen LogP contribution in [0.2, 0.25) is 0 Å². The summed E-state index contributed by atoms with van der Waals surface area (Å²) in [6.07, 6.45) is 7.81. The minimum Gasteiger partial charge on any atom is -0.494 e. The quantitative estimate of drug-likeness (QED) is 0.862. The van der Waals surface area contributed by atoms with E-state index >= 15 is 0 Å². The first-order chi connectivity index (χ1) is 8.75. The van der Waals surface area contributed by atoms with E-state index in [0.717, 1.165) is 18.8 Å². The van der Waals surface area contributed by atoms with Crippen molar-refractivity contribution in [3.8, 4) is 5.75 Å². The number of ether oxygens (including phenoxy) is 1. The van der Waals surface area contributed by atoms with Crippen LogP contribution >= 0.6 is 0 Å². The molecule has 0 radical (unpaired) electrons. The number of nitrogens with two attached hydrogens (primary N) is 1. The van der Waals surface area contributed by atoms with E-state index in [1.165, 1.54) is 43.2 Å². The number of hydrogen-bond acceptors (Lipinski definition) is 2. The highest BCUT2D eigenvalue weighted by atomic mass is 16.5. The van der Waals surface area contributed by atoms with Gasteiger partial charge in [-0.1, -0.05) is 18.9 Å².